The molecule has 3 fully saturated rings. The summed E-state index contributed by atoms with van der Waals surface area (Å²) in [4.78, 5) is 66.5. The molecule has 10 heteroatoms. The van der Waals surface area contributed by atoms with E-state index >= 15 is 0 Å². The molecular formula is C28H45N5O5. The van der Waals surface area contributed by atoms with Crippen molar-refractivity contribution in [3.05, 3.63) is 12.7 Å². The molecule has 1 saturated heterocycles. The lowest BCUT2D eigenvalue weighted by Crippen LogP contribution is -2.59. The van der Waals surface area contributed by atoms with Gasteiger partial charge in [0.1, 0.15) is 12.1 Å². The number of hydrogen-bond donors (Lipinski definition) is 4. The summed E-state index contributed by atoms with van der Waals surface area (Å²) in [5.74, 6) is -2.11. The minimum absolute atomic E-state index is 0.0342. The molecule has 0 aromatic heterocycles. The molecule has 1 unspecified atom stereocenters. The van der Waals surface area contributed by atoms with Gasteiger partial charge in [-0.1, -0.05) is 51.5 Å². The van der Waals surface area contributed by atoms with Crippen LogP contribution in [0.2, 0.25) is 0 Å². The number of rotatable bonds is 12. The highest BCUT2D eigenvalue weighted by Crippen LogP contribution is 2.30. The summed E-state index contributed by atoms with van der Waals surface area (Å²) in [6.45, 7) is 5.97. The molecule has 0 spiro atoms. The number of carbonyl (C=O) groups is 5. The van der Waals surface area contributed by atoms with Crippen molar-refractivity contribution in [3.63, 3.8) is 0 Å². The molecule has 3 rings (SSSR count). The van der Waals surface area contributed by atoms with Crippen LogP contribution in [0.15, 0.2) is 12.7 Å². The molecular weight excluding hydrogens is 486 g/mol. The third kappa shape index (κ3) is 8.04. The summed E-state index contributed by atoms with van der Waals surface area (Å²) in [5.41, 5.74) is 0. The molecule has 0 radical (unpaired) electrons. The van der Waals surface area contributed by atoms with Crippen molar-refractivity contribution < 1.29 is 24.0 Å². The summed E-state index contributed by atoms with van der Waals surface area (Å²) < 4.78 is 0. The van der Waals surface area contributed by atoms with Gasteiger partial charge < -0.3 is 26.2 Å². The zero-order valence-electron chi connectivity index (χ0n) is 22.8. The fraction of sp³-hybridized carbons (Fsp3) is 0.750. The van der Waals surface area contributed by atoms with E-state index < -0.39 is 35.7 Å². The lowest BCUT2D eigenvalue weighted by atomic mass is 9.95. The second-order valence-corrected chi connectivity index (χ2v) is 10.9. The van der Waals surface area contributed by atoms with Gasteiger partial charge in [0.15, 0.2) is 0 Å². The molecule has 212 valence electrons. The van der Waals surface area contributed by atoms with Gasteiger partial charge in [-0.3, -0.25) is 19.2 Å². The van der Waals surface area contributed by atoms with Gasteiger partial charge in [0.2, 0.25) is 17.6 Å². The van der Waals surface area contributed by atoms with Crippen LogP contribution >= 0.6 is 0 Å². The van der Waals surface area contributed by atoms with Gasteiger partial charge >= 0.3 is 6.03 Å². The van der Waals surface area contributed by atoms with Crippen LogP contribution in [0.3, 0.4) is 0 Å². The van der Waals surface area contributed by atoms with E-state index in [1.165, 1.54) is 12.5 Å². The predicted octanol–water partition coefficient (Wildman–Crippen LogP) is 2.32. The average molecular weight is 532 g/mol. The van der Waals surface area contributed by atoms with Crippen LogP contribution in [0.5, 0.6) is 0 Å². The Balaban J connectivity index is 1.67. The van der Waals surface area contributed by atoms with Crippen LogP contribution in [0.1, 0.15) is 90.4 Å². The molecule has 1 heterocycles. The Morgan fingerprint density at radius 1 is 0.921 bits per heavy atom. The van der Waals surface area contributed by atoms with E-state index in [9.17, 15) is 24.0 Å². The van der Waals surface area contributed by atoms with E-state index in [-0.39, 0.29) is 30.4 Å². The van der Waals surface area contributed by atoms with Gasteiger partial charge in [-0.25, -0.2) is 4.79 Å². The van der Waals surface area contributed by atoms with Crippen molar-refractivity contribution in [2.45, 2.75) is 115 Å². The predicted molar refractivity (Wildman–Crippen MR) is 144 cm³/mol. The Labute approximate surface area is 226 Å². The molecule has 3 atom stereocenters. The molecule has 2 aliphatic carbocycles. The van der Waals surface area contributed by atoms with Crippen LogP contribution < -0.4 is 21.3 Å². The first-order valence-electron chi connectivity index (χ1n) is 14.5. The number of nitrogens with one attached hydrogen (secondary N) is 4. The number of ketones is 1. The fourth-order valence-electron chi connectivity index (χ4n) is 6.00. The Morgan fingerprint density at radius 2 is 1.61 bits per heavy atom. The molecule has 1 aliphatic heterocycles. The minimum Gasteiger partial charge on any atom is -0.346 e. The third-order valence-electron chi connectivity index (χ3n) is 8.04. The number of urea groups is 1. The summed E-state index contributed by atoms with van der Waals surface area (Å²) in [6, 6.07) is -2.57. The van der Waals surface area contributed by atoms with E-state index in [4.69, 9.17) is 0 Å². The Bertz CT molecular complexity index is 866. The van der Waals surface area contributed by atoms with Crippen LogP contribution in [0, 0.1) is 5.92 Å². The van der Waals surface area contributed by atoms with Crippen molar-refractivity contribution in [1.29, 1.82) is 0 Å². The lowest BCUT2D eigenvalue weighted by Gasteiger charge is -2.32. The van der Waals surface area contributed by atoms with E-state index in [1.807, 2.05) is 6.92 Å². The first-order chi connectivity index (χ1) is 18.3. The maximum absolute atomic E-state index is 13.8. The lowest BCUT2D eigenvalue weighted by molar-refractivity contribution is -0.143. The molecule has 5 amide bonds. The normalized spacial score (nSPS) is 21.8. The molecule has 3 aliphatic rings. The molecule has 2 saturated carbocycles. The van der Waals surface area contributed by atoms with Crippen LogP contribution in [-0.4, -0.2) is 71.7 Å². The average Bonchev–Trinajstić information content (AvgIpc) is 3.63. The smallest absolute Gasteiger partial charge is 0.315 e. The zero-order valence-corrected chi connectivity index (χ0v) is 22.8. The summed E-state index contributed by atoms with van der Waals surface area (Å²) in [6.07, 6.45) is 12.5. The quantitative estimate of drug-likeness (QED) is 0.226. The standard InChI is InChI=1S/C28H45N5O5/c1-3-11-21(24(34)26(36)29-17-4-2)31-25(35)22-16-10-18-33(22)27(37)23(19-12-8-9-13-19)32-28(38)30-20-14-6-5-7-15-20/h4,19-23H,2-3,5-18H2,1H3,(H,29,36)(H,31,35)(H2,30,32,38)/t21?,22-,23-/m0/s1. The van der Waals surface area contributed by atoms with Crippen molar-refractivity contribution in [1.82, 2.24) is 26.2 Å². The maximum atomic E-state index is 13.8. The third-order valence-corrected chi connectivity index (χ3v) is 8.04. The number of amides is 5. The Morgan fingerprint density at radius 3 is 2.26 bits per heavy atom. The van der Waals surface area contributed by atoms with Crippen molar-refractivity contribution >= 4 is 29.5 Å². The fourth-order valence-corrected chi connectivity index (χ4v) is 6.00. The van der Waals surface area contributed by atoms with Gasteiger partial charge in [0.25, 0.3) is 5.91 Å². The van der Waals surface area contributed by atoms with Crippen molar-refractivity contribution in [3.8, 4) is 0 Å². The molecule has 10 nitrogen and oxygen atoms in total. The largest absolute Gasteiger partial charge is 0.346 e. The topological polar surface area (TPSA) is 137 Å². The van der Waals surface area contributed by atoms with Crippen molar-refractivity contribution in [2.24, 2.45) is 5.92 Å². The number of carbonyl (C=O) groups excluding carboxylic acids is 5. The molecule has 0 aromatic rings. The van der Waals surface area contributed by atoms with Gasteiger partial charge in [-0.15, -0.1) is 6.58 Å². The first-order valence-corrected chi connectivity index (χ1v) is 14.5. The maximum Gasteiger partial charge on any atom is 0.315 e. The second-order valence-electron chi connectivity index (χ2n) is 10.9. The summed E-state index contributed by atoms with van der Waals surface area (Å²) >= 11 is 0. The van der Waals surface area contributed by atoms with Gasteiger partial charge in [-0.2, -0.15) is 0 Å². The highest BCUT2D eigenvalue weighted by atomic mass is 16.2. The number of likely N-dealkylation sites (tertiary alicyclic amines) is 1. The van der Waals surface area contributed by atoms with Gasteiger partial charge in [-0.05, 0) is 50.9 Å². The van der Waals surface area contributed by atoms with E-state index in [0.717, 1.165) is 51.4 Å². The Hall–Kier alpha value is -2.91. The van der Waals surface area contributed by atoms with E-state index in [0.29, 0.717) is 32.2 Å². The minimum atomic E-state index is -0.958. The Kier molecular flexibility index (Phi) is 11.6. The van der Waals surface area contributed by atoms with Crippen LogP contribution in [0.25, 0.3) is 0 Å². The number of Topliss-reactive ketones (excluding diaryl/α,β-unsaturated/α-hetero) is 1. The second kappa shape index (κ2) is 14.9. The molecule has 4 N–H and O–H groups in total. The SMILES string of the molecule is C=CCNC(=O)C(=O)C(CCC)NC(=O)[C@@H]1CCCN1C(=O)[C@@H](NC(=O)NC1CCCCC1)C1CCCC1. The summed E-state index contributed by atoms with van der Waals surface area (Å²) in [5, 5.41) is 11.2. The molecule has 0 aromatic carbocycles. The monoisotopic (exact) mass is 531 g/mol. The van der Waals surface area contributed by atoms with E-state index in [1.54, 1.807) is 4.90 Å². The van der Waals surface area contributed by atoms with Crippen LogP contribution in [0.4, 0.5) is 4.79 Å². The van der Waals surface area contributed by atoms with Crippen molar-refractivity contribution in [2.75, 3.05) is 13.1 Å². The number of hydrogen-bond acceptors (Lipinski definition) is 5. The number of nitrogens with zero attached hydrogens (tertiary/aromatic N) is 1. The highest BCUT2D eigenvalue weighted by Gasteiger charge is 2.42. The molecule has 0 bridgehead atoms. The zero-order chi connectivity index (χ0) is 27.5. The van der Waals surface area contributed by atoms with Gasteiger partial charge in [0, 0.05) is 19.1 Å². The van der Waals surface area contributed by atoms with Crippen LogP contribution in [-0.2, 0) is 19.2 Å². The van der Waals surface area contributed by atoms with Gasteiger partial charge in [0.05, 0.1) is 6.04 Å². The molecule has 38 heavy (non-hydrogen) atoms. The summed E-state index contributed by atoms with van der Waals surface area (Å²) in [7, 11) is 0. The highest BCUT2D eigenvalue weighted by molar-refractivity contribution is 6.38. The first kappa shape index (κ1) is 29.6. The van der Waals surface area contributed by atoms with E-state index in [2.05, 4.69) is 27.8 Å².